The third-order valence-corrected chi connectivity index (χ3v) is 5.16. The van der Waals surface area contributed by atoms with Gasteiger partial charge in [-0.1, -0.05) is 35.0 Å². The molecule has 2 aliphatic rings. The summed E-state index contributed by atoms with van der Waals surface area (Å²) in [7, 11) is 0. The van der Waals surface area contributed by atoms with Crippen LogP contribution in [0.4, 0.5) is 0 Å². The molecule has 0 bridgehead atoms. The SMILES string of the molecule is Cc1ccc(-c2cc(CN3C[C@@H]4COC[C@]4(C(=O)O)C3)on2)cc1. The Balaban J connectivity index is 1.47. The zero-order valence-electron chi connectivity index (χ0n) is 13.6. The molecule has 0 radical (unpaired) electrons. The number of hydrogen-bond donors (Lipinski definition) is 1. The highest BCUT2D eigenvalue weighted by Gasteiger charge is 2.56. The van der Waals surface area contributed by atoms with Crippen LogP contribution in [0.25, 0.3) is 11.3 Å². The number of carboxylic acids is 1. The van der Waals surface area contributed by atoms with E-state index in [1.807, 2.05) is 37.3 Å². The van der Waals surface area contributed by atoms with Gasteiger partial charge in [-0.3, -0.25) is 9.69 Å². The number of rotatable bonds is 4. The summed E-state index contributed by atoms with van der Waals surface area (Å²) in [5.74, 6) is 0.0481. The molecule has 2 atom stereocenters. The van der Waals surface area contributed by atoms with Crippen molar-refractivity contribution in [2.75, 3.05) is 26.3 Å². The average molecular weight is 328 g/mol. The highest BCUT2D eigenvalue weighted by atomic mass is 16.5. The molecule has 0 aliphatic carbocycles. The number of carbonyl (C=O) groups is 1. The molecule has 2 saturated heterocycles. The largest absolute Gasteiger partial charge is 0.481 e. The van der Waals surface area contributed by atoms with Crippen LogP contribution in [-0.4, -0.2) is 47.4 Å². The number of likely N-dealkylation sites (tertiary alicyclic amines) is 1. The Morgan fingerprint density at radius 1 is 1.42 bits per heavy atom. The summed E-state index contributed by atoms with van der Waals surface area (Å²) in [5, 5.41) is 13.7. The molecule has 2 fully saturated rings. The van der Waals surface area contributed by atoms with Gasteiger partial charge >= 0.3 is 5.97 Å². The van der Waals surface area contributed by atoms with Gasteiger partial charge in [-0.2, -0.15) is 0 Å². The number of aliphatic carboxylic acids is 1. The normalized spacial score (nSPS) is 26.6. The molecule has 0 spiro atoms. The first-order valence-electron chi connectivity index (χ1n) is 8.13. The molecule has 0 unspecified atom stereocenters. The lowest BCUT2D eigenvalue weighted by Gasteiger charge is -2.21. The smallest absolute Gasteiger partial charge is 0.313 e. The van der Waals surface area contributed by atoms with Crippen LogP contribution in [0.1, 0.15) is 11.3 Å². The molecule has 6 nitrogen and oxygen atoms in total. The summed E-state index contributed by atoms with van der Waals surface area (Å²) < 4.78 is 10.9. The molecule has 4 rings (SSSR count). The Bertz CT molecular complexity index is 755. The van der Waals surface area contributed by atoms with Crippen molar-refractivity contribution in [3.63, 3.8) is 0 Å². The van der Waals surface area contributed by atoms with Gasteiger partial charge < -0.3 is 14.4 Å². The second kappa shape index (κ2) is 5.72. The van der Waals surface area contributed by atoms with Gasteiger partial charge in [0.25, 0.3) is 0 Å². The lowest BCUT2D eigenvalue weighted by molar-refractivity contribution is -0.149. The van der Waals surface area contributed by atoms with E-state index in [1.165, 1.54) is 5.56 Å². The van der Waals surface area contributed by atoms with Crippen LogP contribution in [0.3, 0.4) is 0 Å². The third kappa shape index (κ3) is 2.52. The number of hydrogen-bond acceptors (Lipinski definition) is 5. The Labute approximate surface area is 140 Å². The van der Waals surface area contributed by atoms with E-state index in [4.69, 9.17) is 9.26 Å². The zero-order valence-corrected chi connectivity index (χ0v) is 13.6. The van der Waals surface area contributed by atoms with E-state index in [0.717, 1.165) is 17.0 Å². The maximum atomic E-state index is 11.7. The first-order chi connectivity index (χ1) is 11.6. The topological polar surface area (TPSA) is 75.8 Å². The van der Waals surface area contributed by atoms with Crippen molar-refractivity contribution < 1.29 is 19.2 Å². The van der Waals surface area contributed by atoms with Crippen LogP contribution in [0.5, 0.6) is 0 Å². The number of benzene rings is 1. The van der Waals surface area contributed by atoms with E-state index in [-0.39, 0.29) is 5.92 Å². The Morgan fingerprint density at radius 3 is 2.92 bits per heavy atom. The molecule has 2 aromatic rings. The minimum atomic E-state index is -0.764. The molecule has 6 heteroatoms. The first-order valence-corrected chi connectivity index (χ1v) is 8.13. The minimum Gasteiger partial charge on any atom is -0.481 e. The van der Waals surface area contributed by atoms with Crippen molar-refractivity contribution in [1.29, 1.82) is 0 Å². The van der Waals surface area contributed by atoms with Crippen molar-refractivity contribution in [1.82, 2.24) is 10.1 Å². The minimum absolute atomic E-state index is 0.0505. The van der Waals surface area contributed by atoms with E-state index < -0.39 is 11.4 Å². The third-order valence-electron chi connectivity index (χ3n) is 5.16. The van der Waals surface area contributed by atoms with Gasteiger partial charge in [-0.05, 0) is 6.92 Å². The number of nitrogens with zero attached hydrogens (tertiary/aromatic N) is 2. The van der Waals surface area contributed by atoms with Gasteiger partial charge in [0.05, 0.1) is 19.8 Å². The number of carboxylic acid groups (broad SMARTS) is 1. The second-order valence-electron chi connectivity index (χ2n) is 6.89. The van der Waals surface area contributed by atoms with Gasteiger partial charge in [0, 0.05) is 30.6 Å². The van der Waals surface area contributed by atoms with Crippen molar-refractivity contribution in [2.24, 2.45) is 11.3 Å². The molecule has 1 aromatic carbocycles. The summed E-state index contributed by atoms with van der Waals surface area (Å²) in [6, 6.07) is 10.1. The van der Waals surface area contributed by atoms with Crippen LogP contribution >= 0.6 is 0 Å². The van der Waals surface area contributed by atoms with E-state index in [2.05, 4.69) is 10.1 Å². The predicted molar refractivity (Wildman–Crippen MR) is 86.3 cm³/mol. The second-order valence-corrected chi connectivity index (χ2v) is 6.89. The summed E-state index contributed by atoms with van der Waals surface area (Å²) >= 11 is 0. The summed E-state index contributed by atoms with van der Waals surface area (Å²) in [6.07, 6.45) is 0. The van der Waals surface area contributed by atoms with Crippen LogP contribution in [0.2, 0.25) is 0 Å². The molecule has 0 saturated carbocycles. The van der Waals surface area contributed by atoms with Gasteiger partial charge in [-0.15, -0.1) is 0 Å². The quantitative estimate of drug-likeness (QED) is 0.927. The molecule has 2 aliphatic heterocycles. The van der Waals surface area contributed by atoms with E-state index in [0.29, 0.717) is 32.8 Å². The maximum absolute atomic E-state index is 11.7. The number of fused-ring (bicyclic) bond motifs is 1. The lowest BCUT2D eigenvalue weighted by Crippen LogP contribution is -2.38. The zero-order chi connectivity index (χ0) is 16.7. The highest BCUT2D eigenvalue weighted by molar-refractivity contribution is 5.76. The Hall–Kier alpha value is -2.18. The van der Waals surface area contributed by atoms with Crippen molar-refractivity contribution >= 4 is 5.97 Å². The van der Waals surface area contributed by atoms with E-state index >= 15 is 0 Å². The fraction of sp³-hybridized carbons (Fsp3) is 0.444. The van der Waals surface area contributed by atoms with Crippen LogP contribution in [0.15, 0.2) is 34.9 Å². The Morgan fingerprint density at radius 2 is 2.21 bits per heavy atom. The van der Waals surface area contributed by atoms with Gasteiger partial charge in [-0.25, -0.2) is 0 Å². The number of ether oxygens (including phenoxy) is 1. The Kier molecular flexibility index (Phi) is 3.66. The highest BCUT2D eigenvalue weighted by Crippen LogP contribution is 2.42. The maximum Gasteiger partial charge on any atom is 0.313 e. The molecular weight excluding hydrogens is 308 g/mol. The van der Waals surface area contributed by atoms with Crippen LogP contribution < -0.4 is 0 Å². The lowest BCUT2D eigenvalue weighted by atomic mass is 9.81. The van der Waals surface area contributed by atoms with E-state index in [9.17, 15) is 9.90 Å². The number of aryl methyl sites for hydroxylation is 1. The fourth-order valence-corrected chi connectivity index (χ4v) is 3.73. The van der Waals surface area contributed by atoms with Crippen LogP contribution in [0, 0.1) is 18.3 Å². The van der Waals surface area contributed by atoms with Gasteiger partial charge in [0.1, 0.15) is 11.1 Å². The monoisotopic (exact) mass is 328 g/mol. The number of aromatic nitrogens is 1. The van der Waals surface area contributed by atoms with Crippen LogP contribution in [-0.2, 0) is 16.1 Å². The van der Waals surface area contributed by atoms with Crippen molar-refractivity contribution in [3.05, 3.63) is 41.7 Å². The summed E-state index contributed by atoms with van der Waals surface area (Å²) in [4.78, 5) is 13.8. The van der Waals surface area contributed by atoms with Gasteiger partial charge in [0.2, 0.25) is 0 Å². The molecule has 1 N–H and O–H groups in total. The van der Waals surface area contributed by atoms with E-state index in [1.54, 1.807) is 0 Å². The first kappa shape index (κ1) is 15.4. The molecule has 24 heavy (non-hydrogen) atoms. The predicted octanol–water partition coefficient (Wildman–Crippen LogP) is 2.18. The molecule has 3 heterocycles. The van der Waals surface area contributed by atoms with Gasteiger partial charge in [0.15, 0.2) is 5.76 Å². The molecular formula is C18H20N2O4. The molecule has 0 amide bonds. The summed E-state index contributed by atoms with van der Waals surface area (Å²) in [5.41, 5.74) is 2.26. The standard InChI is InChI=1S/C18H20N2O4/c1-12-2-4-13(5-3-12)16-6-15(24-19-16)8-20-7-14-9-23-11-18(14,10-20)17(21)22/h2-6,14H,7-11H2,1H3,(H,21,22)/t14-,18-/m1/s1. The van der Waals surface area contributed by atoms with Crippen molar-refractivity contribution in [2.45, 2.75) is 13.5 Å². The van der Waals surface area contributed by atoms with Crippen molar-refractivity contribution in [3.8, 4) is 11.3 Å². The fourth-order valence-electron chi connectivity index (χ4n) is 3.73. The molecule has 126 valence electrons. The summed E-state index contributed by atoms with van der Waals surface area (Å²) in [6.45, 7) is 4.65. The average Bonchev–Trinajstić information content (AvgIpc) is 3.22. The molecule has 1 aromatic heterocycles.